The largest absolute Gasteiger partial charge is 0.494 e. The number of aromatic amines is 1. The molecule has 0 fully saturated rings. The molecule has 0 saturated heterocycles. The van der Waals surface area contributed by atoms with Crippen LogP contribution >= 0.6 is 11.6 Å². The highest BCUT2D eigenvalue weighted by Gasteiger charge is 2.15. The molecule has 0 radical (unpaired) electrons. The number of benzene rings is 1. The van der Waals surface area contributed by atoms with E-state index in [9.17, 15) is 0 Å². The standard InChI is InChI=1S/C17H25ClN2O/c1-4-6-7-8-9-10-12-11-13(18)15-16(17(12)21-3)20-14(5-2)19-15/h11H,4-10H2,1-3H3,(H,19,20). The number of rotatable bonds is 8. The van der Waals surface area contributed by atoms with Crippen LogP contribution in [0.4, 0.5) is 0 Å². The van der Waals surface area contributed by atoms with Crippen LogP contribution in [0.1, 0.15) is 57.3 Å². The molecule has 3 nitrogen and oxygen atoms in total. The van der Waals surface area contributed by atoms with Crippen LogP contribution < -0.4 is 4.74 Å². The van der Waals surface area contributed by atoms with Crippen molar-refractivity contribution in [3.63, 3.8) is 0 Å². The number of nitrogens with one attached hydrogen (secondary N) is 1. The Kier molecular flexibility index (Phi) is 5.92. The molecule has 2 rings (SSSR count). The predicted octanol–water partition coefficient (Wildman–Crippen LogP) is 5.30. The number of unbranched alkanes of at least 4 members (excludes halogenated alkanes) is 4. The third-order valence-electron chi connectivity index (χ3n) is 3.89. The molecule has 0 bridgehead atoms. The molecule has 4 heteroatoms. The number of aromatic nitrogens is 2. The highest BCUT2D eigenvalue weighted by molar-refractivity contribution is 6.35. The summed E-state index contributed by atoms with van der Waals surface area (Å²) in [4.78, 5) is 7.87. The Bertz CT molecular complexity index is 592. The lowest BCUT2D eigenvalue weighted by atomic mass is 10.0. The van der Waals surface area contributed by atoms with Crippen molar-refractivity contribution in [2.45, 2.75) is 58.8 Å². The maximum Gasteiger partial charge on any atom is 0.147 e. The third kappa shape index (κ3) is 3.70. The van der Waals surface area contributed by atoms with Gasteiger partial charge in [-0.25, -0.2) is 4.98 Å². The van der Waals surface area contributed by atoms with E-state index in [1.165, 1.54) is 37.7 Å². The number of ether oxygens (including phenoxy) is 1. The molecule has 1 aromatic carbocycles. The molecular weight excluding hydrogens is 284 g/mol. The summed E-state index contributed by atoms with van der Waals surface area (Å²) in [5, 5.41) is 0.713. The highest BCUT2D eigenvalue weighted by Crippen LogP contribution is 2.34. The van der Waals surface area contributed by atoms with Crippen molar-refractivity contribution in [1.29, 1.82) is 0 Å². The normalized spacial score (nSPS) is 11.2. The average Bonchev–Trinajstić information content (AvgIpc) is 2.92. The number of halogens is 1. The minimum Gasteiger partial charge on any atom is -0.494 e. The highest BCUT2D eigenvalue weighted by atomic mass is 35.5. The molecule has 21 heavy (non-hydrogen) atoms. The smallest absolute Gasteiger partial charge is 0.147 e. The molecule has 116 valence electrons. The summed E-state index contributed by atoms with van der Waals surface area (Å²) in [5.74, 6) is 1.85. The Labute approximate surface area is 132 Å². The molecule has 0 aliphatic carbocycles. The van der Waals surface area contributed by atoms with Gasteiger partial charge in [-0.15, -0.1) is 0 Å². The molecule has 2 aromatic rings. The van der Waals surface area contributed by atoms with Crippen LogP contribution in [0.15, 0.2) is 6.07 Å². The lowest BCUT2D eigenvalue weighted by molar-refractivity contribution is 0.413. The van der Waals surface area contributed by atoms with Gasteiger partial charge in [0.15, 0.2) is 0 Å². The van der Waals surface area contributed by atoms with Gasteiger partial charge < -0.3 is 9.72 Å². The van der Waals surface area contributed by atoms with E-state index in [0.29, 0.717) is 5.02 Å². The Hall–Kier alpha value is -1.22. The Morgan fingerprint density at radius 2 is 1.95 bits per heavy atom. The molecule has 0 atom stereocenters. The summed E-state index contributed by atoms with van der Waals surface area (Å²) in [6.45, 7) is 4.31. The second kappa shape index (κ2) is 7.69. The molecule has 0 saturated carbocycles. The van der Waals surface area contributed by atoms with Crippen molar-refractivity contribution in [3.05, 3.63) is 22.5 Å². The summed E-state index contributed by atoms with van der Waals surface area (Å²) in [6.07, 6.45) is 8.19. The molecule has 0 spiro atoms. The van der Waals surface area contributed by atoms with Gasteiger partial charge in [-0.2, -0.15) is 0 Å². The number of H-pyrrole nitrogens is 1. The van der Waals surface area contributed by atoms with Crippen molar-refractivity contribution in [1.82, 2.24) is 9.97 Å². The van der Waals surface area contributed by atoms with Crippen LogP contribution in [0.5, 0.6) is 5.75 Å². The van der Waals surface area contributed by atoms with Crippen LogP contribution in [-0.4, -0.2) is 17.1 Å². The number of aryl methyl sites for hydroxylation is 2. The van der Waals surface area contributed by atoms with Crippen LogP contribution in [0.2, 0.25) is 5.02 Å². The van der Waals surface area contributed by atoms with Crippen molar-refractivity contribution < 1.29 is 4.74 Å². The fourth-order valence-corrected chi connectivity index (χ4v) is 2.98. The quantitative estimate of drug-likeness (QED) is 0.672. The van der Waals surface area contributed by atoms with E-state index in [2.05, 4.69) is 23.8 Å². The Morgan fingerprint density at radius 3 is 2.62 bits per heavy atom. The number of nitrogens with zero attached hydrogens (tertiary/aromatic N) is 1. The first kappa shape index (κ1) is 16.2. The van der Waals surface area contributed by atoms with Gasteiger partial charge in [0.2, 0.25) is 0 Å². The third-order valence-corrected chi connectivity index (χ3v) is 4.18. The van der Waals surface area contributed by atoms with Crippen molar-refractivity contribution in [3.8, 4) is 5.75 Å². The molecular formula is C17H25ClN2O. The molecule has 0 amide bonds. The fraction of sp³-hybridized carbons (Fsp3) is 0.588. The number of methoxy groups -OCH3 is 1. The summed E-state index contributed by atoms with van der Waals surface area (Å²) in [6, 6.07) is 2.02. The summed E-state index contributed by atoms with van der Waals surface area (Å²) in [5.41, 5.74) is 2.93. The van der Waals surface area contributed by atoms with Crippen LogP contribution in [0, 0.1) is 0 Å². The summed E-state index contributed by atoms with van der Waals surface area (Å²) >= 11 is 6.39. The average molecular weight is 309 g/mol. The van der Waals surface area contributed by atoms with Crippen LogP contribution in [0.3, 0.4) is 0 Å². The van der Waals surface area contributed by atoms with E-state index in [0.717, 1.165) is 35.4 Å². The lowest BCUT2D eigenvalue weighted by Gasteiger charge is -2.10. The van der Waals surface area contributed by atoms with Gasteiger partial charge in [-0.1, -0.05) is 51.1 Å². The van der Waals surface area contributed by atoms with Crippen molar-refractivity contribution in [2.24, 2.45) is 0 Å². The number of hydrogen-bond donors (Lipinski definition) is 1. The first-order valence-corrected chi connectivity index (χ1v) is 8.33. The Balaban J connectivity index is 2.22. The minimum absolute atomic E-state index is 0.713. The van der Waals surface area contributed by atoms with E-state index in [1.807, 2.05) is 6.07 Å². The molecule has 1 heterocycles. The summed E-state index contributed by atoms with van der Waals surface area (Å²) < 4.78 is 5.62. The summed E-state index contributed by atoms with van der Waals surface area (Å²) in [7, 11) is 1.72. The van der Waals surface area contributed by atoms with E-state index in [4.69, 9.17) is 16.3 Å². The van der Waals surface area contributed by atoms with Gasteiger partial charge in [-0.3, -0.25) is 0 Å². The number of hydrogen-bond acceptors (Lipinski definition) is 2. The Morgan fingerprint density at radius 1 is 1.19 bits per heavy atom. The van der Waals surface area contributed by atoms with Gasteiger partial charge in [0, 0.05) is 6.42 Å². The van der Waals surface area contributed by atoms with Crippen molar-refractivity contribution >= 4 is 22.6 Å². The van der Waals surface area contributed by atoms with Gasteiger partial charge in [0.05, 0.1) is 12.1 Å². The van der Waals surface area contributed by atoms with E-state index in [-0.39, 0.29) is 0 Å². The number of fused-ring (bicyclic) bond motifs is 1. The molecule has 1 N–H and O–H groups in total. The molecule has 0 unspecified atom stereocenters. The van der Waals surface area contributed by atoms with E-state index < -0.39 is 0 Å². The molecule has 0 aliphatic heterocycles. The van der Waals surface area contributed by atoms with Crippen molar-refractivity contribution in [2.75, 3.05) is 7.11 Å². The monoisotopic (exact) mass is 308 g/mol. The maximum absolute atomic E-state index is 6.39. The zero-order chi connectivity index (χ0) is 15.2. The SMILES string of the molecule is CCCCCCCc1cc(Cl)c2nc(CC)[nH]c2c1OC. The first-order chi connectivity index (χ1) is 10.2. The zero-order valence-electron chi connectivity index (χ0n) is 13.3. The van der Waals surface area contributed by atoms with E-state index in [1.54, 1.807) is 7.11 Å². The van der Waals surface area contributed by atoms with Gasteiger partial charge >= 0.3 is 0 Å². The second-order valence-corrected chi connectivity index (χ2v) is 5.88. The molecule has 0 aliphatic rings. The minimum atomic E-state index is 0.713. The fourth-order valence-electron chi connectivity index (χ4n) is 2.71. The number of imidazole rings is 1. The molecule has 1 aromatic heterocycles. The van der Waals surface area contributed by atoms with Crippen LogP contribution in [-0.2, 0) is 12.8 Å². The van der Waals surface area contributed by atoms with Crippen LogP contribution in [0.25, 0.3) is 11.0 Å². The van der Waals surface area contributed by atoms with E-state index >= 15 is 0 Å². The van der Waals surface area contributed by atoms with Gasteiger partial charge in [0.25, 0.3) is 0 Å². The zero-order valence-corrected chi connectivity index (χ0v) is 14.0. The van der Waals surface area contributed by atoms with Gasteiger partial charge in [-0.05, 0) is 24.5 Å². The lowest BCUT2D eigenvalue weighted by Crippen LogP contribution is -1.95. The first-order valence-electron chi connectivity index (χ1n) is 7.95. The predicted molar refractivity (Wildman–Crippen MR) is 89.5 cm³/mol. The second-order valence-electron chi connectivity index (χ2n) is 5.48. The maximum atomic E-state index is 6.39. The van der Waals surface area contributed by atoms with Gasteiger partial charge in [0.1, 0.15) is 22.6 Å². The topological polar surface area (TPSA) is 37.9 Å².